The van der Waals surface area contributed by atoms with E-state index in [1.807, 2.05) is 0 Å². The van der Waals surface area contributed by atoms with Gasteiger partial charge in [0.25, 0.3) is 0 Å². The third-order valence-corrected chi connectivity index (χ3v) is 7.12. The smallest absolute Gasteiger partial charge is 0.246 e. The molecule has 9 nitrogen and oxygen atoms in total. The highest BCUT2D eigenvalue weighted by Gasteiger charge is 2.32. The maximum Gasteiger partial charge on any atom is 0.246 e. The van der Waals surface area contributed by atoms with Gasteiger partial charge in [0, 0.05) is 25.8 Å². The van der Waals surface area contributed by atoms with E-state index in [0.717, 1.165) is 9.87 Å². The quantitative estimate of drug-likeness (QED) is 0.571. The fourth-order valence-electron chi connectivity index (χ4n) is 3.23. The van der Waals surface area contributed by atoms with Gasteiger partial charge in [-0.1, -0.05) is 17.7 Å². The number of halogens is 1. The zero-order chi connectivity index (χ0) is 22.8. The number of hydrogen-bond acceptors (Lipinski definition) is 7. The minimum atomic E-state index is -3.69. The van der Waals surface area contributed by atoms with Gasteiger partial charge in [-0.25, -0.2) is 23.6 Å². The lowest BCUT2D eigenvalue weighted by molar-refractivity contribution is -0.117. The number of sulfonamides is 1. The molecule has 0 saturated carbocycles. The predicted molar refractivity (Wildman–Crippen MR) is 118 cm³/mol. The van der Waals surface area contributed by atoms with Gasteiger partial charge in [0.1, 0.15) is 22.4 Å². The zero-order valence-corrected chi connectivity index (χ0v) is 19.2. The second-order valence-electron chi connectivity index (χ2n) is 7.17. The third-order valence-electron chi connectivity index (χ3n) is 4.99. The van der Waals surface area contributed by atoms with E-state index in [2.05, 4.69) is 16.2 Å². The molecule has 168 valence electrons. The summed E-state index contributed by atoms with van der Waals surface area (Å²) in [5.41, 5.74) is 7.28. The molecule has 3 rings (SSSR count). The zero-order valence-electron chi connectivity index (χ0n) is 17.6. The van der Waals surface area contributed by atoms with Crippen LogP contribution in [0.5, 0.6) is 11.5 Å². The summed E-state index contributed by atoms with van der Waals surface area (Å²) in [7, 11) is 2.17. The Morgan fingerprint density at radius 3 is 2.39 bits per heavy atom. The van der Waals surface area contributed by atoms with E-state index in [0.29, 0.717) is 22.9 Å². The number of amides is 1. The Morgan fingerprint density at radius 2 is 1.77 bits per heavy atom. The molecule has 1 saturated heterocycles. The molecule has 1 aliphatic rings. The van der Waals surface area contributed by atoms with E-state index in [9.17, 15) is 13.2 Å². The van der Waals surface area contributed by atoms with Crippen molar-refractivity contribution in [1.29, 1.82) is 0 Å². The van der Waals surface area contributed by atoms with Crippen LogP contribution in [0, 0.1) is 0 Å². The van der Waals surface area contributed by atoms with Crippen molar-refractivity contribution >= 4 is 33.2 Å². The molecule has 31 heavy (non-hydrogen) atoms. The number of benzene rings is 2. The Morgan fingerprint density at radius 1 is 1.10 bits per heavy atom. The van der Waals surface area contributed by atoms with E-state index < -0.39 is 16.1 Å². The summed E-state index contributed by atoms with van der Waals surface area (Å²) >= 11 is 6.11. The lowest BCUT2D eigenvalue weighted by atomic mass is 10.0. The van der Waals surface area contributed by atoms with E-state index in [1.165, 1.54) is 28.3 Å². The average Bonchev–Trinajstić information content (AvgIpc) is 3.23. The number of hydrogen-bond donors (Lipinski definition) is 3. The average molecular weight is 469 g/mol. The predicted octanol–water partition coefficient (Wildman–Crippen LogP) is 2.15. The van der Waals surface area contributed by atoms with Crippen molar-refractivity contribution in [3.8, 4) is 11.5 Å². The normalized spacial score (nSPS) is 18.8. The number of carbonyl (C=O) groups excluding carboxylic acids is 1. The number of nitrogens with one attached hydrogen (secondary N) is 3. The molecule has 1 fully saturated rings. The number of carbonyl (C=O) groups is 1. The molecule has 2 atom stereocenters. The highest BCUT2D eigenvalue weighted by molar-refractivity contribution is 7.89. The van der Waals surface area contributed by atoms with Crippen LogP contribution in [0.2, 0.25) is 5.02 Å². The summed E-state index contributed by atoms with van der Waals surface area (Å²) in [5, 5.41) is 3.21. The first-order valence-electron chi connectivity index (χ1n) is 9.43. The standard InChI is InChI=1S/C20H25ClN4O5S/c1-25(2)31(27,28)19-9-12(5-7-18(19)30-4)15-11-16(24-23-15)20(26)22-13-6-8-17(29-3)14(21)10-13/h5-10,15-16,23-24H,11H2,1-4H3,(H,22,26). The van der Waals surface area contributed by atoms with Crippen LogP contribution in [0.25, 0.3) is 0 Å². The molecule has 2 aromatic rings. The van der Waals surface area contributed by atoms with Crippen LogP contribution >= 0.6 is 11.6 Å². The van der Waals surface area contributed by atoms with Crippen LogP contribution in [0.4, 0.5) is 5.69 Å². The van der Waals surface area contributed by atoms with Crippen LogP contribution in [0.1, 0.15) is 18.0 Å². The van der Waals surface area contributed by atoms with Gasteiger partial charge >= 0.3 is 0 Å². The maximum atomic E-state index is 12.7. The van der Waals surface area contributed by atoms with Gasteiger partial charge in [-0.15, -0.1) is 0 Å². The number of anilines is 1. The minimum absolute atomic E-state index is 0.0695. The van der Waals surface area contributed by atoms with Crippen molar-refractivity contribution in [3.63, 3.8) is 0 Å². The largest absolute Gasteiger partial charge is 0.495 e. The van der Waals surface area contributed by atoms with Crippen molar-refractivity contribution < 1.29 is 22.7 Å². The first kappa shape index (κ1) is 23.3. The van der Waals surface area contributed by atoms with Crippen LogP contribution in [-0.4, -0.2) is 53.0 Å². The molecule has 2 aromatic carbocycles. The van der Waals surface area contributed by atoms with Crippen molar-refractivity contribution in [2.45, 2.75) is 23.4 Å². The summed E-state index contributed by atoms with van der Waals surface area (Å²) < 4.78 is 36.8. The fraction of sp³-hybridized carbons (Fsp3) is 0.350. The number of methoxy groups -OCH3 is 2. The second-order valence-corrected chi connectivity index (χ2v) is 9.69. The number of hydrazine groups is 1. The Hall–Kier alpha value is -2.37. The molecule has 0 aromatic heterocycles. The lowest BCUT2D eigenvalue weighted by Crippen LogP contribution is -2.39. The van der Waals surface area contributed by atoms with Crippen LogP contribution in [-0.2, 0) is 14.8 Å². The van der Waals surface area contributed by atoms with E-state index >= 15 is 0 Å². The number of ether oxygens (including phenoxy) is 2. The molecular formula is C20H25ClN4O5S. The summed E-state index contributed by atoms with van der Waals surface area (Å²) in [6.07, 6.45) is 0.420. The number of nitrogens with zero attached hydrogens (tertiary/aromatic N) is 1. The molecule has 2 unspecified atom stereocenters. The molecule has 0 aliphatic carbocycles. The molecule has 1 heterocycles. The van der Waals surface area contributed by atoms with E-state index in [1.54, 1.807) is 36.4 Å². The van der Waals surface area contributed by atoms with Crippen molar-refractivity contribution in [1.82, 2.24) is 15.2 Å². The Kier molecular flexibility index (Phi) is 7.07. The highest BCUT2D eigenvalue weighted by Crippen LogP contribution is 2.32. The Bertz CT molecular complexity index is 1080. The molecule has 0 radical (unpaired) electrons. The van der Waals surface area contributed by atoms with E-state index in [4.69, 9.17) is 21.1 Å². The van der Waals surface area contributed by atoms with Gasteiger partial charge in [-0.2, -0.15) is 0 Å². The van der Waals surface area contributed by atoms with Crippen molar-refractivity contribution in [2.75, 3.05) is 33.6 Å². The van der Waals surface area contributed by atoms with Crippen molar-refractivity contribution in [2.24, 2.45) is 0 Å². The third kappa shape index (κ3) is 4.94. The Labute approximate surface area is 186 Å². The van der Waals surface area contributed by atoms with E-state index in [-0.39, 0.29) is 22.6 Å². The van der Waals surface area contributed by atoms with Gasteiger partial charge in [-0.05, 0) is 42.3 Å². The van der Waals surface area contributed by atoms with Crippen LogP contribution in [0.15, 0.2) is 41.3 Å². The second kappa shape index (κ2) is 9.41. The monoisotopic (exact) mass is 468 g/mol. The summed E-state index contributed by atoms with van der Waals surface area (Å²) in [4.78, 5) is 12.7. The summed E-state index contributed by atoms with van der Waals surface area (Å²) in [5.74, 6) is 0.531. The molecule has 1 amide bonds. The van der Waals surface area contributed by atoms with Gasteiger partial charge in [0.05, 0.1) is 19.2 Å². The lowest BCUT2D eigenvalue weighted by Gasteiger charge is -2.17. The van der Waals surface area contributed by atoms with Crippen LogP contribution in [0.3, 0.4) is 0 Å². The molecule has 1 aliphatic heterocycles. The molecule has 3 N–H and O–H groups in total. The van der Waals surface area contributed by atoms with Crippen LogP contribution < -0.4 is 25.6 Å². The summed E-state index contributed by atoms with van der Waals surface area (Å²) in [6.45, 7) is 0. The topological polar surface area (TPSA) is 109 Å². The van der Waals surface area contributed by atoms with Gasteiger partial charge in [0.15, 0.2) is 0 Å². The number of rotatable bonds is 7. The summed E-state index contributed by atoms with van der Waals surface area (Å²) in [6, 6.07) is 9.14. The molecule has 0 spiro atoms. The SMILES string of the molecule is COc1ccc(NC(=O)C2CC(c3ccc(OC)c(S(=O)(=O)N(C)C)c3)NN2)cc1Cl. The van der Waals surface area contributed by atoms with Crippen molar-refractivity contribution in [3.05, 3.63) is 47.0 Å². The van der Waals surface area contributed by atoms with Gasteiger partial charge < -0.3 is 14.8 Å². The first-order chi connectivity index (χ1) is 14.7. The maximum absolute atomic E-state index is 12.7. The fourth-order valence-corrected chi connectivity index (χ4v) is 4.57. The highest BCUT2D eigenvalue weighted by atomic mass is 35.5. The van der Waals surface area contributed by atoms with Gasteiger partial charge in [0.2, 0.25) is 15.9 Å². The molecular weight excluding hydrogens is 444 g/mol. The van der Waals surface area contributed by atoms with Gasteiger partial charge in [-0.3, -0.25) is 4.79 Å². The first-order valence-corrected chi connectivity index (χ1v) is 11.2. The molecule has 11 heteroatoms. The Balaban J connectivity index is 1.74. The minimum Gasteiger partial charge on any atom is -0.495 e. The molecule has 0 bridgehead atoms.